The van der Waals surface area contributed by atoms with Crippen LogP contribution in [0.4, 0.5) is 5.69 Å². The quantitative estimate of drug-likeness (QED) is 0.314. The fourth-order valence-electron chi connectivity index (χ4n) is 4.24. The molecule has 4 aromatic rings. The molecule has 1 heterocycles. The molecule has 4 nitrogen and oxygen atoms in total. The number of anilines is 1. The lowest BCUT2D eigenvalue weighted by Crippen LogP contribution is -2.16. The molecule has 1 aromatic heterocycles. The van der Waals surface area contributed by atoms with Gasteiger partial charge in [0.25, 0.3) is 5.91 Å². The predicted octanol–water partition coefficient (Wildman–Crippen LogP) is 7.47. The minimum Gasteiger partial charge on any atom is -0.497 e. The van der Waals surface area contributed by atoms with Crippen molar-refractivity contribution in [3.63, 3.8) is 0 Å². The Kier molecular flexibility index (Phi) is 6.26. The molecule has 33 heavy (non-hydrogen) atoms. The summed E-state index contributed by atoms with van der Waals surface area (Å²) in [7, 11) is 1.65. The van der Waals surface area contributed by atoms with E-state index >= 15 is 0 Å². The zero-order valence-electron chi connectivity index (χ0n) is 19.8. The number of amides is 1. The van der Waals surface area contributed by atoms with Crippen LogP contribution in [0.3, 0.4) is 0 Å². The van der Waals surface area contributed by atoms with E-state index in [0.717, 1.165) is 65.9 Å². The largest absolute Gasteiger partial charge is 0.497 e. The fourth-order valence-corrected chi connectivity index (χ4v) is 4.70. The van der Waals surface area contributed by atoms with Crippen molar-refractivity contribution in [2.75, 3.05) is 12.4 Å². The number of aromatic nitrogens is 1. The summed E-state index contributed by atoms with van der Waals surface area (Å²) in [5, 5.41) is 4.02. The second kappa shape index (κ2) is 8.99. The highest BCUT2D eigenvalue weighted by atomic mass is 79.9. The van der Waals surface area contributed by atoms with Gasteiger partial charge in [0.1, 0.15) is 5.75 Å². The molecule has 0 aliphatic heterocycles. The van der Waals surface area contributed by atoms with Crippen molar-refractivity contribution in [3.05, 3.63) is 86.4 Å². The van der Waals surface area contributed by atoms with Gasteiger partial charge in [-0.1, -0.05) is 27.6 Å². The highest BCUT2D eigenvalue weighted by molar-refractivity contribution is 9.10. The number of halogens is 1. The van der Waals surface area contributed by atoms with Gasteiger partial charge in [0.05, 0.1) is 23.9 Å². The molecule has 0 bridgehead atoms. The monoisotopic (exact) mass is 502 g/mol. The number of carbonyl (C=O) groups excluding carboxylic acids is 1. The van der Waals surface area contributed by atoms with Crippen LogP contribution in [0.1, 0.15) is 38.2 Å². The molecule has 0 fully saturated rings. The molecule has 0 atom stereocenters. The fraction of sp³-hybridized carbons (Fsp3) is 0.214. The SMILES string of the molecule is COc1ccc(-c2nc3c(C)cc(C)cc3c(C(=O)Nc3cc(C)c(Br)cc3C)c2C)cc1. The number of rotatable bonds is 4. The first kappa shape index (κ1) is 23.0. The predicted molar refractivity (Wildman–Crippen MR) is 140 cm³/mol. The number of fused-ring (bicyclic) bond motifs is 1. The third-order valence-electron chi connectivity index (χ3n) is 6.01. The average molecular weight is 503 g/mol. The molecule has 0 saturated heterocycles. The molecule has 0 saturated carbocycles. The van der Waals surface area contributed by atoms with Crippen LogP contribution in [0.25, 0.3) is 22.2 Å². The lowest BCUT2D eigenvalue weighted by Gasteiger charge is -2.18. The lowest BCUT2D eigenvalue weighted by atomic mass is 9.94. The van der Waals surface area contributed by atoms with Gasteiger partial charge in [-0.15, -0.1) is 0 Å². The molecule has 168 valence electrons. The van der Waals surface area contributed by atoms with Crippen LogP contribution in [0, 0.1) is 34.6 Å². The van der Waals surface area contributed by atoms with E-state index in [1.165, 1.54) is 0 Å². The summed E-state index contributed by atoms with van der Waals surface area (Å²) < 4.78 is 6.33. The number of benzene rings is 3. The molecule has 1 N–H and O–H groups in total. The average Bonchev–Trinajstić information content (AvgIpc) is 2.77. The standard InChI is InChI=1S/C28H27BrN2O2/c1-15-11-18(4)26-22(12-15)25(28(32)30-24-14-16(2)23(29)13-17(24)3)19(5)27(31-26)20-7-9-21(33-6)10-8-20/h7-14H,1-6H3,(H,30,32). The van der Waals surface area contributed by atoms with Gasteiger partial charge < -0.3 is 10.1 Å². The number of aryl methyl sites for hydroxylation is 4. The lowest BCUT2D eigenvalue weighted by molar-refractivity contribution is 0.102. The first-order valence-electron chi connectivity index (χ1n) is 10.8. The van der Waals surface area contributed by atoms with E-state index in [2.05, 4.69) is 33.4 Å². The van der Waals surface area contributed by atoms with Crippen molar-refractivity contribution in [3.8, 4) is 17.0 Å². The van der Waals surface area contributed by atoms with E-state index < -0.39 is 0 Å². The molecule has 5 heteroatoms. The number of methoxy groups -OCH3 is 1. The highest BCUT2D eigenvalue weighted by Crippen LogP contribution is 2.34. The van der Waals surface area contributed by atoms with Crippen LogP contribution in [0.5, 0.6) is 5.75 Å². The topological polar surface area (TPSA) is 51.2 Å². The van der Waals surface area contributed by atoms with E-state index in [1.54, 1.807) is 7.11 Å². The molecule has 0 aliphatic carbocycles. The maximum absolute atomic E-state index is 13.7. The Bertz CT molecular complexity index is 1390. The number of pyridine rings is 1. The number of nitrogens with one attached hydrogen (secondary N) is 1. The maximum atomic E-state index is 13.7. The number of carbonyl (C=O) groups is 1. The summed E-state index contributed by atoms with van der Waals surface area (Å²) in [6, 6.07) is 16.0. The van der Waals surface area contributed by atoms with Crippen LogP contribution in [0.15, 0.2) is 53.0 Å². The third kappa shape index (κ3) is 4.38. The van der Waals surface area contributed by atoms with Gasteiger partial charge in [-0.05, 0) is 99.3 Å². The Morgan fingerprint density at radius 1 is 0.909 bits per heavy atom. The van der Waals surface area contributed by atoms with Crippen LogP contribution < -0.4 is 10.1 Å². The zero-order valence-corrected chi connectivity index (χ0v) is 21.3. The summed E-state index contributed by atoms with van der Waals surface area (Å²) in [6.45, 7) is 10.1. The number of hydrogen-bond acceptors (Lipinski definition) is 3. The van der Waals surface area contributed by atoms with Crippen LogP contribution in [0.2, 0.25) is 0 Å². The van der Waals surface area contributed by atoms with E-state index in [-0.39, 0.29) is 5.91 Å². The Hall–Kier alpha value is -3.18. The minimum atomic E-state index is -0.135. The Morgan fingerprint density at radius 2 is 1.61 bits per heavy atom. The van der Waals surface area contributed by atoms with Crippen molar-refractivity contribution >= 4 is 38.4 Å². The second-order valence-corrected chi connectivity index (χ2v) is 9.39. The van der Waals surface area contributed by atoms with Gasteiger partial charge in [0, 0.05) is 21.1 Å². The molecule has 0 spiro atoms. The molecule has 1 amide bonds. The molecule has 0 unspecified atom stereocenters. The summed E-state index contributed by atoms with van der Waals surface area (Å²) in [6.07, 6.45) is 0. The molecular formula is C28H27BrN2O2. The van der Waals surface area contributed by atoms with Crippen molar-refractivity contribution < 1.29 is 9.53 Å². The molecule has 3 aromatic carbocycles. The first-order valence-corrected chi connectivity index (χ1v) is 11.6. The highest BCUT2D eigenvalue weighted by Gasteiger charge is 2.21. The van der Waals surface area contributed by atoms with Crippen LogP contribution in [-0.4, -0.2) is 18.0 Å². The first-order chi connectivity index (χ1) is 15.7. The van der Waals surface area contributed by atoms with Crippen molar-refractivity contribution in [2.24, 2.45) is 0 Å². The Labute approximate surface area is 203 Å². The summed E-state index contributed by atoms with van der Waals surface area (Å²) >= 11 is 3.57. The minimum absolute atomic E-state index is 0.135. The number of hydrogen-bond donors (Lipinski definition) is 1. The summed E-state index contributed by atoms with van der Waals surface area (Å²) in [5.41, 5.74) is 9.10. The number of nitrogens with zero attached hydrogens (tertiary/aromatic N) is 1. The van der Waals surface area contributed by atoms with Gasteiger partial charge >= 0.3 is 0 Å². The van der Waals surface area contributed by atoms with E-state index in [9.17, 15) is 4.79 Å². The maximum Gasteiger partial charge on any atom is 0.256 e. The van der Waals surface area contributed by atoms with Gasteiger partial charge in [0.2, 0.25) is 0 Å². The molecule has 4 rings (SSSR count). The smallest absolute Gasteiger partial charge is 0.256 e. The van der Waals surface area contributed by atoms with Crippen molar-refractivity contribution in [1.82, 2.24) is 4.98 Å². The van der Waals surface area contributed by atoms with Crippen LogP contribution >= 0.6 is 15.9 Å². The Balaban J connectivity index is 1.92. The summed E-state index contributed by atoms with van der Waals surface area (Å²) in [5.74, 6) is 0.646. The molecule has 0 aliphatic rings. The van der Waals surface area contributed by atoms with Gasteiger partial charge in [-0.3, -0.25) is 4.79 Å². The van der Waals surface area contributed by atoms with E-state index in [4.69, 9.17) is 9.72 Å². The zero-order chi connectivity index (χ0) is 23.9. The van der Waals surface area contributed by atoms with Crippen molar-refractivity contribution in [1.29, 1.82) is 0 Å². The molecular weight excluding hydrogens is 476 g/mol. The van der Waals surface area contributed by atoms with Gasteiger partial charge in [0.15, 0.2) is 0 Å². The second-order valence-electron chi connectivity index (χ2n) is 8.54. The molecule has 0 radical (unpaired) electrons. The van der Waals surface area contributed by atoms with Crippen LogP contribution in [-0.2, 0) is 0 Å². The number of ether oxygens (including phenoxy) is 1. The van der Waals surface area contributed by atoms with Gasteiger partial charge in [-0.25, -0.2) is 4.98 Å². The van der Waals surface area contributed by atoms with E-state index in [1.807, 2.05) is 71.0 Å². The summed E-state index contributed by atoms with van der Waals surface area (Å²) in [4.78, 5) is 18.7. The third-order valence-corrected chi connectivity index (χ3v) is 6.87. The van der Waals surface area contributed by atoms with Crippen molar-refractivity contribution in [2.45, 2.75) is 34.6 Å². The van der Waals surface area contributed by atoms with E-state index in [0.29, 0.717) is 5.56 Å². The van der Waals surface area contributed by atoms with Gasteiger partial charge in [-0.2, -0.15) is 0 Å². The normalized spacial score (nSPS) is 11.0. The Morgan fingerprint density at radius 3 is 2.27 bits per heavy atom.